The first-order valence-electron chi connectivity index (χ1n) is 6.84. The predicted molar refractivity (Wildman–Crippen MR) is 84.6 cm³/mol. The standard InChI is InChI=1S/C16H16ClNO2S/c17-16-7-6-14-8-9-18(11-15(14)10-16)21(19,20)12-13-4-2-1-3-5-13/h1-7,10H,8-9,11-12H2. The van der Waals surface area contributed by atoms with Crippen LogP contribution in [-0.2, 0) is 28.7 Å². The molecular weight excluding hydrogens is 306 g/mol. The van der Waals surface area contributed by atoms with E-state index in [1.165, 1.54) is 5.56 Å². The van der Waals surface area contributed by atoms with Gasteiger partial charge in [0.05, 0.1) is 5.75 Å². The molecule has 1 aliphatic rings. The maximum atomic E-state index is 12.5. The van der Waals surface area contributed by atoms with Crippen molar-refractivity contribution in [1.29, 1.82) is 0 Å². The molecule has 2 aromatic carbocycles. The van der Waals surface area contributed by atoms with Crippen molar-refractivity contribution in [3.63, 3.8) is 0 Å². The Bertz CT molecular complexity index is 744. The van der Waals surface area contributed by atoms with E-state index in [0.29, 0.717) is 18.1 Å². The number of sulfonamides is 1. The lowest BCUT2D eigenvalue weighted by atomic mass is 10.0. The zero-order valence-electron chi connectivity index (χ0n) is 11.5. The highest BCUT2D eigenvalue weighted by Gasteiger charge is 2.26. The Morgan fingerprint density at radius 3 is 2.57 bits per heavy atom. The summed E-state index contributed by atoms with van der Waals surface area (Å²) in [6, 6.07) is 15.0. The van der Waals surface area contributed by atoms with E-state index < -0.39 is 10.0 Å². The molecule has 0 bridgehead atoms. The van der Waals surface area contributed by atoms with E-state index in [1.807, 2.05) is 48.5 Å². The summed E-state index contributed by atoms with van der Waals surface area (Å²) >= 11 is 6.00. The Morgan fingerprint density at radius 1 is 1.05 bits per heavy atom. The van der Waals surface area contributed by atoms with Crippen molar-refractivity contribution in [2.75, 3.05) is 6.54 Å². The van der Waals surface area contributed by atoms with Crippen LogP contribution in [0.4, 0.5) is 0 Å². The zero-order valence-corrected chi connectivity index (χ0v) is 13.1. The average Bonchev–Trinajstić information content (AvgIpc) is 2.47. The first-order chi connectivity index (χ1) is 10.0. The van der Waals surface area contributed by atoms with Gasteiger partial charge < -0.3 is 0 Å². The molecular formula is C16H16ClNO2S. The fraction of sp³-hybridized carbons (Fsp3) is 0.250. The largest absolute Gasteiger partial charge is 0.218 e. The van der Waals surface area contributed by atoms with Gasteiger partial charge >= 0.3 is 0 Å². The second kappa shape index (κ2) is 5.79. The fourth-order valence-electron chi connectivity index (χ4n) is 2.61. The van der Waals surface area contributed by atoms with Crippen molar-refractivity contribution in [2.24, 2.45) is 0 Å². The molecule has 0 aliphatic carbocycles. The van der Waals surface area contributed by atoms with E-state index in [1.54, 1.807) is 4.31 Å². The summed E-state index contributed by atoms with van der Waals surface area (Å²) in [5.41, 5.74) is 3.00. The molecule has 3 rings (SSSR count). The highest BCUT2D eigenvalue weighted by Crippen LogP contribution is 2.25. The number of halogens is 1. The Labute approximate surface area is 130 Å². The molecule has 2 aromatic rings. The van der Waals surface area contributed by atoms with Crippen LogP contribution in [0.25, 0.3) is 0 Å². The summed E-state index contributed by atoms with van der Waals surface area (Å²) < 4.78 is 26.6. The van der Waals surface area contributed by atoms with E-state index in [9.17, 15) is 8.42 Å². The smallest absolute Gasteiger partial charge is 0.212 e. The van der Waals surface area contributed by atoms with Crippen molar-refractivity contribution >= 4 is 21.6 Å². The van der Waals surface area contributed by atoms with Gasteiger partial charge in [-0.15, -0.1) is 0 Å². The average molecular weight is 322 g/mol. The lowest BCUT2D eigenvalue weighted by Crippen LogP contribution is -2.36. The Balaban J connectivity index is 1.81. The van der Waals surface area contributed by atoms with Gasteiger partial charge in [0, 0.05) is 18.1 Å². The van der Waals surface area contributed by atoms with Gasteiger partial charge in [0.15, 0.2) is 0 Å². The van der Waals surface area contributed by atoms with Crippen LogP contribution in [0, 0.1) is 0 Å². The van der Waals surface area contributed by atoms with E-state index in [2.05, 4.69) is 0 Å². The van der Waals surface area contributed by atoms with Crippen LogP contribution in [0.15, 0.2) is 48.5 Å². The summed E-state index contributed by atoms with van der Waals surface area (Å²) in [5, 5.41) is 0.649. The van der Waals surface area contributed by atoms with Gasteiger partial charge in [0.2, 0.25) is 10.0 Å². The number of rotatable bonds is 3. The quantitative estimate of drug-likeness (QED) is 0.870. The van der Waals surface area contributed by atoms with E-state index in [0.717, 1.165) is 17.5 Å². The second-order valence-electron chi connectivity index (χ2n) is 5.24. The summed E-state index contributed by atoms with van der Waals surface area (Å²) in [4.78, 5) is 0. The van der Waals surface area contributed by atoms with E-state index in [-0.39, 0.29) is 5.75 Å². The molecule has 0 atom stereocenters. The van der Waals surface area contributed by atoms with E-state index >= 15 is 0 Å². The van der Waals surface area contributed by atoms with Crippen LogP contribution >= 0.6 is 11.6 Å². The van der Waals surface area contributed by atoms with Gasteiger partial charge in [-0.25, -0.2) is 8.42 Å². The SMILES string of the molecule is O=S(=O)(Cc1ccccc1)N1CCc2ccc(Cl)cc2C1. The fourth-order valence-corrected chi connectivity index (χ4v) is 4.31. The predicted octanol–water partition coefficient (Wildman–Crippen LogP) is 3.23. The zero-order chi connectivity index (χ0) is 14.9. The number of fused-ring (bicyclic) bond motifs is 1. The second-order valence-corrected chi connectivity index (χ2v) is 7.64. The topological polar surface area (TPSA) is 37.4 Å². The van der Waals surface area contributed by atoms with Crippen molar-refractivity contribution in [3.8, 4) is 0 Å². The molecule has 0 saturated heterocycles. The highest BCUT2D eigenvalue weighted by atomic mass is 35.5. The van der Waals surface area contributed by atoms with Gasteiger partial charge in [0.1, 0.15) is 0 Å². The van der Waals surface area contributed by atoms with Crippen molar-refractivity contribution in [2.45, 2.75) is 18.7 Å². The van der Waals surface area contributed by atoms with Gasteiger partial charge in [-0.2, -0.15) is 4.31 Å². The molecule has 110 valence electrons. The first kappa shape index (κ1) is 14.6. The molecule has 5 heteroatoms. The summed E-state index contributed by atoms with van der Waals surface area (Å²) in [7, 11) is -3.30. The minimum atomic E-state index is -3.30. The summed E-state index contributed by atoms with van der Waals surface area (Å²) in [6.07, 6.45) is 0.737. The summed E-state index contributed by atoms with van der Waals surface area (Å²) in [5.74, 6) is 0.0454. The highest BCUT2D eigenvalue weighted by molar-refractivity contribution is 7.88. The summed E-state index contributed by atoms with van der Waals surface area (Å²) in [6.45, 7) is 0.939. The number of hydrogen-bond acceptors (Lipinski definition) is 2. The third kappa shape index (κ3) is 3.28. The van der Waals surface area contributed by atoms with Gasteiger partial charge in [0.25, 0.3) is 0 Å². The molecule has 0 spiro atoms. The van der Waals surface area contributed by atoms with Crippen molar-refractivity contribution in [1.82, 2.24) is 4.31 Å². The minimum absolute atomic E-state index is 0.0454. The maximum Gasteiger partial charge on any atom is 0.218 e. The maximum absolute atomic E-state index is 12.5. The molecule has 0 saturated carbocycles. The lowest BCUT2D eigenvalue weighted by molar-refractivity contribution is 0.391. The lowest BCUT2D eigenvalue weighted by Gasteiger charge is -2.28. The van der Waals surface area contributed by atoms with Crippen molar-refractivity contribution in [3.05, 3.63) is 70.2 Å². The third-order valence-corrected chi connectivity index (χ3v) is 5.76. The van der Waals surface area contributed by atoms with E-state index in [4.69, 9.17) is 11.6 Å². The van der Waals surface area contributed by atoms with Gasteiger partial charge in [-0.05, 0) is 35.2 Å². The van der Waals surface area contributed by atoms with Crippen molar-refractivity contribution < 1.29 is 8.42 Å². The Morgan fingerprint density at radius 2 is 1.81 bits per heavy atom. The Hall–Kier alpha value is -1.36. The molecule has 0 unspecified atom stereocenters. The molecule has 21 heavy (non-hydrogen) atoms. The molecule has 0 N–H and O–H groups in total. The van der Waals surface area contributed by atoms with Gasteiger partial charge in [-0.3, -0.25) is 0 Å². The molecule has 0 aromatic heterocycles. The van der Waals surface area contributed by atoms with Crippen LogP contribution in [0.5, 0.6) is 0 Å². The third-order valence-electron chi connectivity index (χ3n) is 3.73. The Kier molecular flexibility index (Phi) is 4.02. The molecule has 0 fully saturated rings. The van der Waals surface area contributed by atoms with Crippen LogP contribution in [0.3, 0.4) is 0 Å². The molecule has 1 heterocycles. The number of hydrogen-bond donors (Lipinski definition) is 0. The monoisotopic (exact) mass is 321 g/mol. The number of nitrogens with zero attached hydrogens (tertiary/aromatic N) is 1. The number of benzene rings is 2. The first-order valence-corrected chi connectivity index (χ1v) is 8.82. The molecule has 3 nitrogen and oxygen atoms in total. The van der Waals surface area contributed by atoms with Gasteiger partial charge in [-0.1, -0.05) is 48.0 Å². The molecule has 0 radical (unpaired) electrons. The van der Waals surface area contributed by atoms with Crippen LogP contribution < -0.4 is 0 Å². The molecule has 0 amide bonds. The minimum Gasteiger partial charge on any atom is -0.212 e. The molecule has 1 aliphatic heterocycles. The normalized spacial score (nSPS) is 15.7. The van der Waals surface area contributed by atoms with Crippen LogP contribution in [-0.4, -0.2) is 19.3 Å². The van der Waals surface area contributed by atoms with Crippen LogP contribution in [0.1, 0.15) is 16.7 Å². The van der Waals surface area contributed by atoms with Crippen LogP contribution in [0.2, 0.25) is 5.02 Å².